The predicted octanol–water partition coefficient (Wildman–Crippen LogP) is 2.68. The lowest BCUT2D eigenvalue weighted by atomic mass is 10.2. The number of hydrogen-bond acceptors (Lipinski definition) is 4. The largest absolute Gasteiger partial charge is 0.311 e. The zero-order chi connectivity index (χ0) is 15.8. The Morgan fingerprint density at radius 1 is 1.04 bits per heavy atom. The summed E-state index contributed by atoms with van der Waals surface area (Å²) >= 11 is 0. The first-order chi connectivity index (χ1) is 11.2. The van der Waals surface area contributed by atoms with Crippen LogP contribution in [0.3, 0.4) is 0 Å². The minimum atomic E-state index is 0.568. The highest BCUT2D eigenvalue weighted by Crippen LogP contribution is 2.14. The second-order valence-electron chi connectivity index (χ2n) is 5.58. The Balaban J connectivity index is 1.79. The minimum Gasteiger partial charge on any atom is -0.311 e. The Labute approximate surface area is 133 Å². The average Bonchev–Trinajstić information content (AvgIpc) is 3.11. The van der Waals surface area contributed by atoms with E-state index >= 15 is 0 Å². The highest BCUT2D eigenvalue weighted by Gasteiger charge is 2.11. The van der Waals surface area contributed by atoms with Crippen LogP contribution in [0.4, 0.5) is 0 Å². The van der Waals surface area contributed by atoms with E-state index in [-0.39, 0.29) is 0 Å². The minimum absolute atomic E-state index is 0.568. The summed E-state index contributed by atoms with van der Waals surface area (Å²) in [4.78, 5) is 13.4. The maximum atomic E-state index is 4.67. The molecular formula is C17H16N6. The van der Waals surface area contributed by atoms with Crippen molar-refractivity contribution >= 4 is 11.2 Å². The number of aryl methyl sites for hydroxylation is 2. The molecule has 0 N–H and O–H groups in total. The standard InChI is InChI=1S/C17H16N6/c1-12-8-13(2)23(21-12)17-18-9-15-16(20-17)22(11-19-15)10-14-6-4-3-5-7-14/h3-9,11H,10H2,1-2H3. The van der Waals surface area contributed by atoms with Gasteiger partial charge >= 0.3 is 0 Å². The fraction of sp³-hybridized carbons (Fsp3) is 0.176. The predicted molar refractivity (Wildman–Crippen MR) is 87.5 cm³/mol. The number of hydrogen-bond donors (Lipinski definition) is 0. The summed E-state index contributed by atoms with van der Waals surface area (Å²) in [6, 6.07) is 12.3. The molecule has 6 heteroatoms. The smallest absolute Gasteiger partial charge is 0.252 e. The monoisotopic (exact) mass is 304 g/mol. The van der Waals surface area contributed by atoms with Crippen molar-refractivity contribution < 1.29 is 0 Å². The summed E-state index contributed by atoms with van der Waals surface area (Å²) < 4.78 is 3.79. The van der Waals surface area contributed by atoms with Gasteiger partial charge < -0.3 is 4.57 Å². The van der Waals surface area contributed by atoms with E-state index in [0.29, 0.717) is 5.95 Å². The van der Waals surface area contributed by atoms with Crippen molar-refractivity contribution in [2.24, 2.45) is 0 Å². The molecule has 0 amide bonds. The van der Waals surface area contributed by atoms with Gasteiger partial charge in [-0.25, -0.2) is 14.6 Å². The molecule has 0 atom stereocenters. The molecule has 0 saturated carbocycles. The molecule has 0 spiro atoms. The summed E-state index contributed by atoms with van der Waals surface area (Å²) in [5, 5.41) is 4.45. The van der Waals surface area contributed by atoms with E-state index in [1.165, 1.54) is 5.56 Å². The van der Waals surface area contributed by atoms with Crippen LogP contribution in [-0.2, 0) is 6.54 Å². The molecule has 4 rings (SSSR count). The summed E-state index contributed by atoms with van der Waals surface area (Å²) in [5.41, 5.74) is 4.76. The van der Waals surface area contributed by atoms with Crippen LogP contribution in [0.15, 0.2) is 48.9 Å². The van der Waals surface area contributed by atoms with Gasteiger partial charge in [0.15, 0.2) is 5.65 Å². The van der Waals surface area contributed by atoms with Gasteiger partial charge in [0.2, 0.25) is 0 Å². The summed E-state index contributed by atoms with van der Waals surface area (Å²) in [7, 11) is 0. The third-order valence-corrected chi connectivity index (χ3v) is 3.74. The third kappa shape index (κ3) is 2.48. The summed E-state index contributed by atoms with van der Waals surface area (Å²) in [5.74, 6) is 0.568. The fourth-order valence-corrected chi connectivity index (χ4v) is 2.68. The van der Waals surface area contributed by atoms with E-state index in [1.807, 2.05) is 42.7 Å². The molecule has 23 heavy (non-hydrogen) atoms. The normalized spacial score (nSPS) is 11.2. The number of rotatable bonds is 3. The maximum absolute atomic E-state index is 4.67. The van der Waals surface area contributed by atoms with E-state index in [2.05, 4.69) is 32.2 Å². The third-order valence-electron chi connectivity index (χ3n) is 3.74. The summed E-state index contributed by atoms with van der Waals surface area (Å²) in [6.07, 6.45) is 3.55. The van der Waals surface area contributed by atoms with Crippen LogP contribution >= 0.6 is 0 Å². The fourth-order valence-electron chi connectivity index (χ4n) is 2.68. The molecule has 0 aliphatic rings. The van der Waals surface area contributed by atoms with Crippen molar-refractivity contribution in [3.8, 4) is 5.95 Å². The van der Waals surface area contributed by atoms with E-state index < -0.39 is 0 Å². The van der Waals surface area contributed by atoms with Crippen molar-refractivity contribution in [1.82, 2.24) is 29.3 Å². The Morgan fingerprint density at radius 3 is 2.61 bits per heavy atom. The van der Waals surface area contributed by atoms with Gasteiger partial charge in [-0.05, 0) is 25.5 Å². The van der Waals surface area contributed by atoms with Gasteiger partial charge in [0.1, 0.15) is 5.52 Å². The van der Waals surface area contributed by atoms with E-state index in [0.717, 1.165) is 29.1 Å². The van der Waals surface area contributed by atoms with Crippen LogP contribution in [0.2, 0.25) is 0 Å². The van der Waals surface area contributed by atoms with E-state index in [9.17, 15) is 0 Å². The first-order valence-electron chi connectivity index (χ1n) is 7.46. The first-order valence-corrected chi connectivity index (χ1v) is 7.46. The second kappa shape index (κ2) is 5.31. The number of nitrogens with zero attached hydrogens (tertiary/aromatic N) is 6. The molecule has 1 aromatic carbocycles. The van der Waals surface area contributed by atoms with Gasteiger partial charge in [0.05, 0.1) is 24.8 Å². The molecule has 0 bridgehead atoms. The second-order valence-corrected chi connectivity index (χ2v) is 5.58. The van der Waals surface area contributed by atoms with Gasteiger partial charge in [-0.1, -0.05) is 30.3 Å². The Bertz CT molecular complexity index is 967. The van der Waals surface area contributed by atoms with Gasteiger partial charge in [-0.2, -0.15) is 10.1 Å². The number of fused-ring (bicyclic) bond motifs is 1. The highest BCUT2D eigenvalue weighted by atomic mass is 15.4. The topological polar surface area (TPSA) is 61.4 Å². The quantitative estimate of drug-likeness (QED) is 0.584. The first kappa shape index (κ1) is 13.6. The lowest BCUT2D eigenvalue weighted by Gasteiger charge is -2.05. The van der Waals surface area contributed by atoms with Crippen molar-refractivity contribution in [3.63, 3.8) is 0 Å². The van der Waals surface area contributed by atoms with Crippen LogP contribution in [0, 0.1) is 13.8 Å². The highest BCUT2D eigenvalue weighted by molar-refractivity contribution is 5.70. The Morgan fingerprint density at radius 2 is 1.87 bits per heavy atom. The maximum Gasteiger partial charge on any atom is 0.252 e. The molecule has 114 valence electrons. The number of imidazole rings is 1. The molecule has 0 unspecified atom stereocenters. The molecule has 0 aliphatic carbocycles. The Hall–Kier alpha value is -3.02. The molecule has 0 radical (unpaired) electrons. The van der Waals surface area contributed by atoms with Gasteiger partial charge in [0, 0.05) is 5.69 Å². The van der Waals surface area contributed by atoms with Crippen molar-refractivity contribution in [3.05, 3.63) is 65.9 Å². The SMILES string of the molecule is Cc1cc(C)n(-c2ncc3ncn(Cc4ccccc4)c3n2)n1. The lowest BCUT2D eigenvalue weighted by Crippen LogP contribution is -2.06. The van der Waals surface area contributed by atoms with Crippen molar-refractivity contribution in [2.45, 2.75) is 20.4 Å². The average molecular weight is 304 g/mol. The zero-order valence-electron chi connectivity index (χ0n) is 13.0. The van der Waals surface area contributed by atoms with E-state index in [4.69, 9.17) is 0 Å². The van der Waals surface area contributed by atoms with Crippen LogP contribution in [0.5, 0.6) is 0 Å². The zero-order valence-corrected chi connectivity index (χ0v) is 13.0. The van der Waals surface area contributed by atoms with Crippen LogP contribution < -0.4 is 0 Å². The van der Waals surface area contributed by atoms with Gasteiger partial charge in [0.25, 0.3) is 5.95 Å². The van der Waals surface area contributed by atoms with E-state index in [1.54, 1.807) is 17.2 Å². The molecular weight excluding hydrogens is 288 g/mol. The lowest BCUT2D eigenvalue weighted by molar-refractivity contribution is 0.765. The van der Waals surface area contributed by atoms with Gasteiger partial charge in [-0.3, -0.25) is 0 Å². The molecule has 3 aromatic heterocycles. The number of benzene rings is 1. The van der Waals surface area contributed by atoms with Crippen molar-refractivity contribution in [1.29, 1.82) is 0 Å². The molecule has 0 aliphatic heterocycles. The van der Waals surface area contributed by atoms with Crippen LogP contribution in [-0.4, -0.2) is 29.3 Å². The van der Waals surface area contributed by atoms with Crippen molar-refractivity contribution in [2.75, 3.05) is 0 Å². The Kier molecular flexibility index (Phi) is 3.15. The molecule has 4 aromatic rings. The molecule has 6 nitrogen and oxygen atoms in total. The van der Waals surface area contributed by atoms with Crippen LogP contribution in [0.25, 0.3) is 17.1 Å². The summed E-state index contributed by atoms with van der Waals surface area (Å²) in [6.45, 7) is 4.68. The van der Waals surface area contributed by atoms with Crippen LogP contribution in [0.1, 0.15) is 17.0 Å². The molecule has 0 fully saturated rings. The molecule has 3 heterocycles. The van der Waals surface area contributed by atoms with Gasteiger partial charge in [-0.15, -0.1) is 0 Å². The number of aromatic nitrogens is 6. The molecule has 0 saturated heterocycles.